The first kappa shape index (κ1) is 18.8. The summed E-state index contributed by atoms with van der Waals surface area (Å²) in [6.07, 6.45) is 7.40. The lowest BCUT2D eigenvalue weighted by Gasteiger charge is -2.17. The van der Waals surface area contributed by atoms with Crippen LogP contribution in [0, 0.1) is 0 Å². The van der Waals surface area contributed by atoms with Crippen LogP contribution in [0.15, 0.2) is 72.3 Å². The van der Waals surface area contributed by atoms with Gasteiger partial charge in [0.05, 0.1) is 0 Å². The van der Waals surface area contributed by atoms with E-state index < -0.39 is 0 Å². The molecule has 0 aliphatic rings. The Morgan fingerprint density at radius 3 is 2.16 bits per heavy atom. The highest BCUT2D eigenvalue weighted by Gasteiger charge is 2.03. The SMILES string of the molecule is C/C=C\C(=C/C)CN(C)CCc1ccc(Oc2ccc(O)cc2)cc1. The van der Waals surface area contributed by atoms with Gasteiger partial charge in [0, 0.05) is 13.1 Å². The third-order valence-corrected chi connectivity index (χ3v) is 3.98. The molecule has 0 unspecified atom stereocenters. The molecule has 0 radical (unpaired) electrons. The number of allylic oxidation sites excluding steroid dienone is 2. The van der Waals surface area contributed by atoms with E-state index in [0.717, 1.165) is 25.3 Å². The molecule has 0 atom stereocenters. The van der Waals surface area contributed by atoms with Crippen molar-refractivity contribution in [2.24, 2.45) is 0 Å². The number of benzene rings is 2. The van der Waals surface area contributed by atoms with E-state index in [9.17, 15) is 5.11 Å². The monoisotopic (exact) mass is 337 g/mol. The zero-order chi connectivity index (χ0) is 18.1. The quantitative estimate of drug-likeness (QED) is 0.674. The summed E-state index contributed by atoms with van der Waals surface area (Å²) in [5.74, 6) is 1.75. The van der Waals surface area contributed by atoms with Gasteiger partial charge < -0.3 is 14.7 Å². The van der Waals surface area contributed by atoms with Crippen molar-refractivity contribution in [1.29, 1.82) is 0 Å². The van der Waals surface area contributed by atoms with Crippen LogP contribution in [-0.2, 0) is 6.42 Å². The maximum absolute atomic E-state index is 9.30. The summed E-state index contributed by atoms with van der Waals surface area (Å²) in [5.41, 5.74) is 2.63. The molecule has 0 saturated heterocycles. The van der Waals surface area contributed by atoms with Crippen LogP contribution in [0.1, 0.15) is 19.4 Å². The molecule has 0 aliphatic heterocycles. The minimum absolute atomic E-state index is 0.238. The molecule has 0 bridgehead atoms. The summed E-state index contributed by atoms with van der Waals surface area (Å²) in [4.78, 5) is 2.33. The van der Waals surface area contributed by atoms with Gasteiger partial charge in [-0.25, -0.2) is 0 Å². The van der Waals surface area contributed by atoms with Crippen molar-refractivity contribution in [2.75, 3.05) is 20.1 Å². The summed E-state index contributed by atoms with van der Waals surface area (Å²) in [7, 11) is 2.15. The fraction of sp³-hybridized carbons (Fsp3) is 0.273. The topological polar surface area (TPSA) is 32.7 Å². The lowest BCUT2D eigenvalue weighted by atomic mass is 10.1. The number of rotatable bonds is 8. The maximum Gasteiger partial charge on any atom is 0.127 e. The van der Waals surface area contributed by atoms with Gasteiger partial charge in [-0.15, -0.1) is 0 Å². The molecule has 2 aromatic rings. The van der Waals surface area contributed by atoms with Gasteiger partial charge in [-0.3, -0.25) is 0 Å². The number of phenolic OH excluding ortho intramolecular Hbond substituents is 1. The summed E-state index contributed by atoms with van der Waals surface area (Å²) in [6.45, 7) is 6.09. The first-order valence-electron chi connectivity index (χ1n) is 8.63. The predicted octanol–water partition coefficient (Wildman–Crippen LogP) is 5.18. The van der Waals surface area contributed by atoms with Crippen molar-refractivity contribution >= 4 is 0 Å². The van der Waals surface area contributed by atoms with Crippen molar-refractivity contribution in [1.82, 2.24) is 4.90 Å². The molecule has 25 heavy (non-hydrogen) atoms. The standard InChI is InChI=1S/C22H27NO2/c1-4-6-18(5-2)17-23(3)16-15-19-7-11-21(12-8-19)25-22-13-9-20(24)10-14-22/h4-14,24H,15-17H2,1-3H3/b6-4-,18-5+. The van der Waals surface area contributed by atoms with Gasteiger partial charge in [0.15, 0.2) is 0 Å². The van der Waals surface area contributed by atoms with E-state index in [-0.39, 0.29) is 5.75 Å². The molecule has 3 heteroatoms. The molecule has 1 N–H and O–H groups in total. The lowest BCUT2D eigenvalue weighted by molar-refractivity contribution is 0.369. The smallest absolute Gasteiger partial charge is 0.127 e. The highest BCUT2D eigenvalue weighted by Crippen LogP contribution is 2.23. The van der Waals surface area contributed by atoms with Crippen LogP contribution in [0.25, 0.3) is 0 Å². The Kier molecular flexibility index (Phi) is 7.30. The van der Waals surface area contributed by atoms with Gasteiger partial charge in [0.1, 0.15) is 17.2 Å². The van der Waals surface area contributed by atoms with Crippen molar-refractivity contribution in [2.45, 2.75) is 20.3 Å². The third kappa shape index (κ3) is 6.48. The fourth-order valence-electron chi connectivity index (χ4n) is 2.54. The molecule has 0 heterocycles. The number of phenols is 1. The normalized spacial score (nSPS) is 12.1. The average molecular weight is 337 g/mol. The summed E-state index contributed by atoms with van der Waals surface area (Å²) in [6, 6.07) is 14.9. The fourth-order valence-corrected chi connectivity index (χ4v) is 2.54. The lowest BCUT2D eigenvalue weighted by Crippen LogP contribution is -2.23. The molecule has 2 rings (SSSR count). The van der Waals surface area contributed by atoms with E-state index >= 15 is 0 Å². The maximum atomic E-state index is 9.30. The zero-order valence-corrected chi connectivity index (χ0v) is 15.3. The summed E-state index contributed by atoms with van der Waals surface area (Å²) < 4.78 is 5.77. The molecule has 0 fully saturated rings. The van der Waals surface area contributed by atoms with Crippen molar-refractivity contribution in [3.8, 4) is 17.2 Å². The minimum Gasteiger partial charge on any atom is -0.508 e. The van der Waals surface area contributed by atoms with Crippen LogP contribution >= 0.6 is 0 Å². The molecule has 2 aromatic carbocycles. The van der Waals surface area contributed by atoms with E-state index in [1.807, 2.05) is 19.1 Å². The first-order chi connectivity index (χ1) is 12.1. The van der Waals surface area contributed by atoms with Gasteiger partial charge in [0.25, 0.3) is 0 Å². The van der Waals surface area contributed by atoms with E-state index in [0.29, 0.717) is 5.75 Å². The number of nitrogens with zero attached hydrogens (tertiary/aromatic N) is 1. The van der Waals surface area contributed by atoms with Crippen LogP contribution in [0.5, 0.6) is 17.2 Å². The van der Waals surface area contributed by atoms with E-state index in [1.54, 1.807) is 24.3 Å². The minimum atomic E-state index is 0.238. The van der Waals surface area contributed by atoms with Crippen LogP contribution in [0.3, 0.4) is 0 Å². The number of ether oxygens (including phenoxy) is 1. The highest BCUT2D eigenvalue weighted by molar-refractivity contribution is 5.35. The van der Waals surface area contributed by atoms with Crippen molar-refractivity contribution in [3.63, 3.8) is 0 Å². The van der Waals surface area contributed by atoms with Gasteiger partial charge >= 0.3 is 0 Å². The molecule has 0 saturated carbocycles. The van der Waals surface area contributed by atoms with Gasteiger partial charge in [0.2, 0.25) is 0 Å². The van der Waals surface area contributed by atoms with E-state index in [1.165, 1.54) is 11.1 Å². The largest absolute Gasteiger partial charge is 0.508 e. The molecular weight excluding hydrogens is 310 g/mol. The number of likely N-dealkylation sites (N-methyl/N-ethyl adjacent to an activating group) is 1. The van der Waals surface area contributed by atoms with Gasteiger partial charge in [-0.1, -0.05) is 30.4 Å². The van der Waals surface area contributed by atoms with E-state index in [2.05, 4.69) is 49.2 Å². The van der Waals surface area contributed by atoms with E-state index in [4.69, 9.17) is 4.74 Å². The first-order valence-corrected chi connectivity index (χ1v) is 8.63. The Morgan fingerprint density at radius 2 is 1.60 bits per heavy atom. The number of hydrogen-bond acceptors (Lipinski definition) is 3. The van der Waals surface area contributed by atoms with Crippen molar-refractivity contribution < 1.29 is 9.84 Å². The molecule has 3 nitrogen and oxygen atoms in total. The van der Waals surface area contributed by atoms with Crippen molar-refractivity contribution in [3.05, 3.63) is 77.9 Å². The molecular formula is C22H27NO2. The van der Waals surface area contributed by atoms with Gasteiger partial charge in [-0.05, 0) is 74.9 Å². The molecule has 132 valence electrons. The molecule has 0 aromatic heterocycles. The molecule has 0 spiro atoms. The number of aromatic hydroxyl groups is 1. The Morgan fingerprint density at radius 1 is 1.00 bits per heavy atom. The third-order valence-electron chi connectivity index (χ3n) is 3.98. The summed E-state index contributed by atoms with van der Waals surface area (Å²) >= 11 is 0. The Hall–Kier alpha value is -2.52. The van der Waals surface area contributed by atoms with Crippen LogP contribution in [0.4, 0.5) is 0 Å². The second-order valence-corrected chi connectivity index (χ2v) is 6.09. The van der Waals surface area contributed by atoms with Crippen LogP contribution in [0.2, 0.25) is 0 Å². The zero-order valence-electron chi connectivity index (χ0n) is 15.3. The Labute approximate surface area is 150 Å². The van der Waals surface area contributed by atoms with Crippen LogP contribution in [-0.4, -0.2) is 30.1 Å². The Bertz CT molecular complexity index is 700. The second-order valence-electron chi connectivity index (χ2n) is 6.09. The molecule has 0 aliphatic carbocycles. The summed E-state index contributed by atoms with van der Waals surface area (Å²) in [5, 5.41) is 9.30. The molecule has 0 amide bonds. The highest BCUT2D eigenvalue weighted by atomic mass is 16.5. The number of hydrogen-bond donors (Lipinski definition) is 1. The second kappa shape index (κ2) is 9.70. The van der Waals surface area contributed by atoms with Gasteiger partial charge in [-0.2, -0.15) is 0 Å². The average Bonchev–Trinajstić information content (AvgIpc) is 2.62. The van der Waals surface area contributed by atoms with Crippen LogP contribution < -0.4 is 4.74 Å². The Balaban J connectivity index is 1.84. The predicted molar refractivity (Wildman–Crippen MR) is 104 cm³/mol.